The molecule has 0 aromatic heterocycles. The van der Waals surface area contributed by atoms with Crippen LogP contribution in [-0.4, -0.2) is 24.1 Å². The van der Waals surface area contributed by atoms with E-state index in [4.69, 9.17) is 0 Å². The summed E-state index contributed by atoms with van der Waals surface area (Å²) in [4.78, 5) is 0. The predicted octanol–water partition coefficient (Wildman–Crippen LogP) is 4.22. The molecule has 0 heterocycles. The lowest BCUT2D eigenvalue weighted by Crippen LogP contribution is -2.20. The number of nitrogens with one attached hydrogen (secondary N) is 1. The molecule has 1 aliphatic carbocycles. The van der Waals surface area contributed by atoms with Gasteiger partial charge in [0, 0.05) is 17.5 Å². The van der Waals surface area contributed by atoms with Crippen LogP contribution in [0.15, 0.2) is 0 Å². The largest absolute Gasteiger partial charge is 0.316 e. The van der Waals surface area contributed by atoms with Crippen LogP contribution < -0.4 is 5.32 Å². The van der Waals surface area contributed by atoms with Gasteiger partial charge in [-0.1, -0.05) is 45.4 Å². The van der Waals surface area contributed by atoms with Crippen molar-refractivity contribution in [3.63, 3.8) is 0 Å². The fourth-order valence-corrected chi connectivity index (χ4v) is 3.59. The zero-order valence-corrected chi connectivity index (χ0v) is 11.8. The third-order valence-electron chi connectivity index (χ3n) is 3.39. The second kappa shape index (κ2) is 10.5. The number of hydrogen-bond acceptors (Lipinski definition) is 2. The molecule has 16 heavy (non-hydrogen) atoms. The molecule has 0 aliphatic heterocycles. The molecule has 0 spiro atoms. The van der Waals surface area contributed by atoms with Gasteiger partial charge in [-0.15, -0.1) is 0 Å². The van der Waals surface area contributed by atoms with Crippen LogP contribution in [0, 0.1) is 0 Å². The van der Waals surface area contributed by atoms with Gasteiger partial charge < -0.3 is 5.32 Å². The van der Waals surface area contributed by atoms with Crippen molar-refractivity contribution >= 4 is 11.8 Å². The molecule has 0 unspecified atom stereocenters. The average Bonchev–Trinajstić information content (AvgIpc) is 2.34. The summed E-state index contributed by atoms with van der Waals surface area (Å²) in [6.45, 7) is 4.72. The molecule has 96 valence electrons. The third-order valence-corrected chi connectivity index (χ3v) is 4.77. The van der Waals surface area contributed by atoms with Crippen LogP contribution in [0.3, 0.4) is 0 Å². The van der Waals surface area contributed by atoms with Crippen molar-refractivity contribution in [3.8, 4) is 0 Å². The molecule has 2 heteroatoms. The molecule has 0 bridgehead atoms. The summed E-state index contributed by atoms with van der Waals surface area (Å²) >= 11 is 2.20. The lowest BCUT2D eigenvalue weighted by Gasteiger charge is -2.20. The second-order valence-corrected chi connectivity index (χ2v) is 6.35. The summed E-state index contributed by atoms with van der Waals surface area (Å²) in [6, 6.07) is 0. The first-order valence-corrected chi connectivity index (χ1v) is 8.30. The van der Waals surface area contributed by atoms with E-state index in [-0.39, 0.29) is 0 Å². The Morgan fingerprint density at radius 1 is 1.00 bits per heavy atom. The molecule has 0 atom stereocenters. The van der Waals surface area contributed by atoms with Crippen LogP contribution in [0.5, 0.6) is 0 Å². The molecular weight excluding hydrogens is 214 g/mol. The molecule has 0 saturated heterocycles. The summed E-state index contributed by atoms with van der Waals surface area (Å²) in [5.74, 6) is 1.32. The lowest BCUT2D eigenvalue weighted by atomic mass is 10.0. The van der Waals surface area contributed by atoms with Gasteiger partial charge in [-0.05, 0) is 25.8 Å². The molecule has 1 fully saturated rings. The molecule has 1 aliphatic rings. The van der Waals surface area contributed by atoms with Crippen LogP contribution in [0.25, 0.3) is 0 Å². The van der Waals surface area contributed by atoms with Gasteiger partial charge in [0.1, 0.15) is 0 Å². The van der Waals surface area contributed by atoms with Crippen LogP contribution in [0.4, 0.5) is 0 Å². The number of thioether (sulfide) groups is 1. The van der Waals surface area contributed by atoms with Gasteiger partial charge in [-0.2, -0.15) is 11.8 Å². The first-order chi connectivity index (χ1) is 7.93. The standard InChI is InChI=1S/C14H29NS/c1-2-3-4-8-11-15-12-13-16-14-9-6-5-7-10-14/h14-15H,2-13H2,1H3. The minimum atomic E-state index is 0.982. The van der Waals surface area contributed by atoms with Gasteiger partial charge in [0.15, 0.2) is 0 Å². The summed E-state index contributed by atoms with van der Waals surface area (Å²) in [6.07, 6.45) is 12.9. The molecule has 0 aromatic carbocycles. The summed E-state index contributed by atoms with van der Waals surface area (Å²) in [7, 11) is 0. The highest BCUT2D eigenvalue weighted by Crippen LogP contribution is 2.27. The SMILES string of the molecule is CCCCCCNCCSC1CCCCC1. The van der Waals surface area contributed by atoms with E-state index in [9.17, 15) is 0 Å². The Balaban J connectivity index is 1.77. The van der Waals surface area contributed by atoms with E-state index >= 15 is 0 Å². The Bertz CT molecular complexity index is 144. The van der Waals surface area contributed by atoms with Crippen molar-refractivity contribution in [1.29, 1.82) is 0 Å². The molecule has 0 amide bonds. The maximum absolute atomic E-state index is 3.56. The highest BCUT2D eigenvalue weighted by atomic mass is 32.2. The van der Waals surface area contributed by atoms with Gasteiger partial charge in [0.2, 0.25) is 0 Å². The molecule has 0 radical (unpaired) electrons. The quantitative estimate of drug-likeness (QED) is 0.608. The zero-order valence-electron chi connectivity index (χ0n) is 11.0. The molecule has 0 aromatic rings. The highest BCUT2D eigenvalue weighted by molar-refractivity contribution is 7.99. The fraction of sp³-hybridized carbons (Fsp3) is 1.00. The first-order valence-electron chi connectivity index (χ1n) is 7.26. The van der Waals surface area contributed by atoms with E-state index in [2.05, 4.69) is 24.0 Å². The second-order valence-electron chi connectivity index (χ2n) is 4.94. The third kappa shape index (κ3) is 7.56. The minimum Gasteiger partial charge on any atom is -0.316 e. The summed E-state index contributed by atoms with van der Waals surface area (Å²) < 4.78 is 0. The number of unbranched alkanes of at least 4 members (excludes halogenated alkanes) is 3. The fourth-order valence-electron chi connectivity index (χ4n) is 2.33. The highest BCUT2D eigenvalue weighted by Gasteiger charge is 2.12. The van der Waals surface area contributed by atoms with Crippen LogP contribution >= 0.6 is 11.8 Å². The van der Waals surface area contributed by atoms with Crippen LogP contribution in [0.2, 0.25) is 0 Å². The van der Waals surface area contributed by atoms with Crippen LogP contribution in [0.1, 0.15) is 64.7 Å². The molecule has 1 saturated carbocycles. The van der Waals surface area contributed by atoms with E-state index < -0.39 is 0 Å². The Morgan fingerprint density at radius 2 is 1.81 bits per heavy atom. The van der Waals surface area contributed by atoms with Gasteiger partial charge in [0.05, 0.1) is 0 Å². The zero-order chi connectivity index (χ0) is 11.5. The van der Waals surface area contributed by atoms with Crippen molar-refractivity contribution in [2.24, 2.45) is 0 Å². The van der Waals surface area contributed by atoms with Crippen LogP contribution in [-0.2, 0) is 0 Å². The smallest absolute Gasteiger partial charge is 0.00608 e. The van der Waals surface area contributed by atoms with E-state index in [0.29, 0.717) is 0 Å². The van der Waals surface area contributed by atoms with Crippen molar-refractivity contribution in [3.05, 3.63) is 0 Å². The maximum atomic E-state index is 3.56. The molecular formula is C14H29NS. The van der Waals surface area contributed by atoms with Gasteiger partial charge in [-0.3, -0.25) is 0 Å². The van der Waals surface area contributed by atoms with Gasteiger partial charge in [0.25, 0.3) is 0 Å². The molecule has 1 nitrogen and oxygen atoms in total. The predicted molar refractivity (Wildman–Crippen MR) is 76.3 cm³/mol. The topological polar surface area (TPSA) is 12.0 Å². The Labute approximate surface area is 106 Å². The van der Waals surface area contributed by atoms with Gasteiger partial charge >= 0.3 is 0 Å². The number of hydrogen-bond donors (Lipinski definition) is 1. The van der Waals surface area contributed by atoms with Crippen molar-refractivity contribution < 1.29 is 0 Å². The summed E-state index contributed by atoms with van der Waals surface area (Å²) in [5, 5.41) is 4.55. The Morgan fingerprint density at radius 3 is 2.56 bits per heavy atom. The van der Waals surface area contributed by atoms with E-state index in [1.807, 2.05) is 0 Å². The first kappa shape index (κ1) is 14.4. The average molecular weight is 243 g/mol. The number of rotatable bonds is 9. The maximum Gasteiger partial charge on any atom is 0.00608 e. The monoisotopic (exact) mass is 243 g/mol. The van der Waals surface area contributed by atoms with Crippen molar-refractivity contribution in [1.82, 2.24) is 5.32 Å². The molecule has 1 N–H and O–H groups in total. The van der Waals surface area contributed by atoms with E-state index in [0.717, 1.165) is 5.25 Å². The van der Waals surface area contributed by atoms with Crippen molar-refractivity contribution in [2.45, 2.75) is 70.0 Å². The Hall–Kier alpha value is 0.310. The minimum absolute atomic E-state index is 0.982. The molecule has 1 rings (SSSR count). The van der Waals surface area contributed by atoms with E-state index in [1.165, 1.54) is 76.6 Å². The lowest BCUT2D eigenvalue weighted by molar-refractivity contribution is 0.515. The van der Waals surface area contributed by atoms with E-state index in [1.54, 1.807) is 0 Å². The normalized spacial score (nSPS) is 17.8. The van der Waals surface area contributed by atoms with Gasteiger partial charge in [-0.25, -0.2) is 0 Å². The summed E-state index contributed by atoms with van der Waals surface area (Å²) in [5.41, 5.74) is 0. The van der Waals surface area contributed by atoms with Crippen molar-refractivity contribution in [2.75, 3.05) is 18.8 Å². The Kier molecular flexibility index (Phi) is 9.40.